The number of thioether (sulfide) groups is 1. The lowest BCUT2D eigenvalue weighted by atomic mass is 9.58. The Bertz CT molecular complexity index is 174. The van der Waals surface area contributed by atoms with Gasteiger partial charge in [0.2, 0.25) is 0 Å². The van der Waals surface area contributed by atoms with Crippen molar-refractivity contribution in [3.8, 4) is 0 Å². The van der Waals surface area contributed by atoms with Gasteiger partial charge in [0.05, 0.1) is 6.10 Å². The van der Waals surface area contributed by atoms with Crippen LogP contribution in [0.5, 0.6) is 0 Å². The van der Waals surface area contributed by atoms with Crippen LogP contribution in [0.4, 0.5) is 0 Å². The van der Waals surface area contributed by atoms with Gasteiger partial charge in [-0.3, -0.25) is 0 Å². The summed E-state index contributed by atoms with van der Waals surface area (Å²) in [7, 11) is 0. The molecule has 0 atom stereocenters. The Morgan fingerprint density at radius 3 is 2.38 bits per heavy atom. The summed E-state index contributed by atoms with van der Waals surface area (Å²) in [6, 6.07) is 0. The number of rotatable bonds is 2. The Morgan fingerprint density at radius 1 is 1.31 bits per heavy atom. The smallest absolute Gasteiger partial charge is 0.0552 e. The number of aliphatic hydroxyl groups excluding tert-OH is 1. The van der Waals surface area contributed by atoms with E-state index in [9.17, 15) is 5.11 Å². The molecule has 2 rings (SSSR count). The predicted octanol–water partition coefficient (Wildman–Crippen LogP) is 1.23. The summed E-state index contributed by atoms with van der Waals surface area (Å²) >= 11 is 2.06. The predicted molar refractivity (Wildman–Crippen MR) is 56.8 cm³/mol. The van der Waals surface area contributed by atoms with E-state index in [-0.39, 0.29) is 6.10 Å². The Labute approximate surface area is 84.3 Å². The monoisotopic (exact) mass is 201 g/mol. The number of nitrogens with two attached hydrogens (primary N) is 1. The molecule has 2 nitrogen and oxygen atoms in total. The largest absolute Gasteiger partial charge is 0.393 e. The van der Waals surface area contributed by atoms with E-state index >= 15 is 0 Å². The Kier molecular flexibility index (Phi) is 2.86. The standard InChI is InChI=1S/C10H19NOS/c11-7-10(5-9(12)6-10)8-1-3-13-4-2-8/h8-9,12H,1-7,11H2. The second-order valence-corrected chi connectivity index (χ2v) is 5.74. The lowest BCUT2D eigenvalue weighted by Gasteiger charge is -2.51. The molecule has 0 amide bonds. The first kappa shape index (κ1) is 9.81. The first-order valence-corrected chi connectivity index (χ1v) is 6.38. The molecule has 3 heteroatoms. The van der Waals surface area contributed by atoms with Gasteiger partial charge in [0.1, 0.15) is 0 Å². The molecular weight excluding hydrogens is 182 g/mol. The molecule has 1 aliphatic heterocycles. The first-order chi connectivity index (χ1) is 6.27. The summed E-state index contributed by atoms with van der Waals surface area (Å²) in [4.78, 5) is 0. The highest BCUT2D eigenvalue weighted by atomic mass is 32.2. The summed E-state index contributed by atoms with van der Waals surface area (Å²) in [5.74, 6) is 3.38. The summed E-state index contributed by atoms with van der Waals surface area (Å²) in [5.41, 5.74) is 6.16. The molecule has 0 aromatic carbocycles. The molecule has 1 saturated heterocycles. The Hall–Kier alpha value is 0.270. The summed E-state index contributed by atoms with van der Waals surface area (Å²) in [6.45, 7) is 0.777. The maximum absolute atomic E-state index is 9.38. The fourth-order valence-electron chi connectivity index (χ4n) is 2.86. The highest BCUT2D eigenvalue weighted by Gasteiger charge is 2.47. The van der Waals surface area contributed by atoms with E-state index in [4.69, 9.17) is 5.73 Å². The fraction of sp³-hybridized carbons (Fsp3) is 1.00. The molecule has 0 aromatic rings. The van der Waals surface area contributed by atoms with Crippen molar-refractivity contribution < 1.29 is 5.11 Å². The third-order valence-corrected chi connectivity index (χ3v) is 4.83. The van der Waals surface area contributed by atoms with Crippen molar-refractivity contribution >= 4 is 11.8 Å². The van der Waals surface area contributed by atoms with Gasteiger partial charge >= 0.3 is 0 Å². The van der Waals surface area contributed by atoms with Crippen molar-refractivity contribution in [3.63, 3.8) is 0 Å². The SMILES string of the molecule is NCC1(C2CCSCC2)CC(O)C1. The van der Waals surface area contributed by atoms with E-state index in [0.717, 1.165) is 25.3 Å². The Balaban J connectivity index is 1.95. The van der Waals surface area contributed by atoms with Crippen LogP contribution in [0.15, 0.2) is 0 Å². The van der Waals surface area contributed by atoms with Crippen molar-refractivity contribution in [1.29, 1.82) is 0 Å². The molecule has 0 aromatic heterocycles. The molecule has 13 heavy (non-hydrogen) atoms. The zero-order valence-electron chi connectivity index (χ0n) is 8.04. The van der Waals surface area contributed by atoms with Crippen LogP contribution in [0.1, 0.15) is 25.7 Å². The average molecular weight is 201 g/mol. The first-order valence-electron chi connectivity index (χ1n) is 5.23. The van der Waals surface area contributed by atoms with Crippen LogP contribution >= 0.6 is 11.8 Å². The zero-order chi connectivity index (χ0) is 9.31. The van der Waals surface area contributed by atoms with Crippen molar-refractivity contribution in [2.75, 3.05) is 18.1 Å². The number of hydrogen-bond acceptors (Lipinski definition) is 3. The molecule has 2 aliphatic rings. The lowest BCUT2D eigenvalue weighted by Crippen LogP contribution is -2.51. The van der Waals surface area contributed by atoms with Crippen molar-refractivity contribution in [2.24, 2.45) is 17.1 Å². The quantitative estimate of drug-likeness (QED) is 0.706. The summed E-state index contributed by atoms with van der Waals surface area (Å²) in [6.07, 6.45) is 4.49. The van der Waals surface area contributed by atoms with E-state index in [2.05, 4.69) is 11.8 Å². The average Bonchev–Trinajstić information content (AvgIpc) is 2.14. The second kappa shape index (κ2) is 3.79. The van der Waals surface area contributed by atoms with E-state index in [1.807, 2.05) is 0 Å². The minimum absolute atomic E-state index is 0.0573. The van der Waals surface area contributed by atoms with Gasteiger partial charge in [-0.05, 0) is 55.1 Å². The van der Waals surface area contributed by atoms with Crippen LogP contribution in [0.3, 0.4) is 0 Å². The molecular formula is C10H19NOS. The third-order valence-electron chi connectivity index (χ3n) is 3.78. The van der Waals surface area contributed by atoms with Gasteiger partial charge in [-0.2, -0.15) is 11.8 Å². The van der Waals surface area contributed by atoms with E-state index < -0.39 is 0 Å². The molecule has 3 N–H and O–H groups in total. The van der Waals surface area contributed by atoms with E-state index in [1.54, 1.807) is 0 Å². The van der Waals surface area contributed by atoms with Gasteiger partial charge in [-0.15, -0.1) is 0 Å². The van der Waals surface area contributed by atoms with Gasteiger partial charge in [-0.25, -0.2) is 0 Å². The molecule has 1 aliphatic carbocycles. The molecule has 0 bridgehead atoms. The molecule has 76 valence electrons. The second-order valence-electron chi connectivity index (χ2n) is 4.52. The van der Waals surface area contributed by atoms with Crippen LogP contribution in [0.25, 0.3) is 0 Å². The summed E-state index contributed by atoms with van der Waals surface area (Å²) < 4.78 is 0. The van der Waals surface area contributed by atoms with Crippen LogP contribution in [-0.4, -0.2) is 29.3 Å². The van der Waals surface area contributed by atoms with Gasteiger partial charge in [0.15, 0.2) is 0 Å². The lowest BCUT2D eigenvalue weighted by molar-refractivity contribution is -0.0663. The normalized spacial score (nSPS) is 41.5. The highest BCUT2D eigenvalue weighted by molar-refractivity contribution is 7.99. The Morgan fingerprint density at radius 2 is 1.92 bits per heavy atom. The van der Waals surface area contributed by atoms with Crippen LogP contribution in [-0.2, 0) is 0 Å². The molecule has 0 unspecified atom stereocenters. The third kappa shape index (κ3) is 1.74. The molecule has 0 spiro atoms. The van der Waals surface area contributed by atoms with Crippen LogP contribution in [0, 0.1) is 11.3 Å². The topological polar surface area (TPSA) is 46.2 Å². The maximum atomic E-state index is 9.38. The van der Waals surface area contributed by atoms with Crippen molar-refractivity contribution in [2.45, 2.75) is 31.8 Å². The molecule has 1 heterocycles. The number of hydrogen-bond donors (Lipinski definition) is 2. The fourth-order valence-corrected chi connectivity index (χ4v) is 3.96. The van der Waals surface area contributed by atoms with E-state index in [1.165, 1.54) is 24.3 Å². The van der Waals surface area contributed by atoms with Crippen molar-refractivity contribution in [1.82, 2.24) is 0 Å². The maximum Gasteiger partial charge on any atom is 0.0552 e. The summed E-state index contributed by atoms with van der Waals surface area (Å²) in [5, 5.41) is 9.38. The van der Waals surface area contributed by atoms with Crippen LogP contribution in [0.2, 0.25) is 0 Å². The molecule has 1 saturated carbocycles. The van der Waals surface area contributed by atoms with Gasteiger partial charge in [0.25, 0.3) is 0 Å². The van der Waals surface area contributed by atoms with Crippen LogP contribution < -0.4 is 5.73 Å². The van der Waals surface area contributed by atoms with Crippen molar-refractivity contribution in [3.05, 3.63) is 0 Å². The minimum Gasteiger partial charge on any atom is -0.393 e. The zero-order valence-corrected chi connectivity index (χ0v) is 8.85. The number of aliphatic hydroxyl groups is 1. The molecule has 0 radical (unpaired) electrons. The van der Waals surface area contributed by atoms with Gasteiger partial charge in [-0.1, -0.05) is 0 Å². The molecule has 2 fully saturated rings. The van der Waals surface area contributed by atoms with Gasteiger partial charge in [0, 0.05) is 0 Å². The van der Waals surface area contributed by atoms with E-state index in [0.29, 0.717) is 5.41 Å². The van der Waals surface area contributed by atoms with Gasteiger partial charge < -0.3 is 10.8 Å². The minimum atomic E-state index is -0.0573. The highest BCUT2D eigenvalue weighted by Crippen LogP contribution is 2.50.